The zero-order valence-corrected chi connectivity index (χ0v) is 12.3. The van der Waals surface area contributed by atoms with Gasteiger partial charge in [0.15, 0.2) is 0 Å². The number of ether oxygens (including phenoxy) is 2. The molecule has 0 unspecified atom stereocenters. The molecule has 4 atom stereocenters. The van der Waals surface area contributed by atoms with E-state index in [1.165, 1.54) is 12.8 Å². The fraction of sp³-hybridized carbons (Fsp3) is 0.867. The van der Waals surface area contributed by atoms with Crippen LogP contribution >= 0.6 is 0 Å². The van der Waals surface area contributed by atoms with E-state index in [1.807, 2.05) is 0 Å². The van der Waals surface area contributed by atoms with Crippen molar-refractivity contribution in [2.45, 2.75) is 63.4 Å². The van der Waals surface area contributed by atoms with Crippen molar-refractivity contribution in [2.24, 2.45) is 0 Å². The van der Waals surface area contributed by atoms with E-state index in [0.717, 1.165) is 19.3 Å². The maximum Gasteiger partial charge on any atom is 0.114 e. The summed E-state index contributed by atoms with van der Waals surface area (Å²) in [7, 11) is 0. The molecule has 0 aromatic heterocycles. The smallest absolute Gasteiger partial charge is 0.114 e. The minimum atomic E-state index is -1.03. The lowest BCUT2D eigenvalue weighted by Crippen LogP contribution is -2.40. The molecule has 3 N–H and O–H groups in total. The Morgan fingerprint density at radius 2 is 1.95 bits per heavy atom. The third-order valence-corrected chi connectivity index (χ3v) is 3.41. The molecule has 0 aliphatic carbocycles. The first-order valence-electron chi connectivity index (χ1n) is 7.55. The SMILES string of the molecule is CCCC/C=C/CCCOC[C@H](O)[C@@H]1OC[C@@H](O)[C@@H]1O. The molecule has 0 aromatic carbocycles. The van der Waals surface area contributed by atoms with E-state index in [1.54, 1.807) is 0 Å². The van der Waals surface area contributed by atoms with Crippen LogP contribution in [-0.4, -0.2) is 59.6 Å². The Balaban J connectivity index is 2.00. The summed E-state index contributed by atoms with van der Waals surface area (Å²) < 4.78 is 10.5. The van der Waals surface area contributed by atoms with E-state index < -0.39 is 24.4 Å². The molecule has 0 amide bonds. The molecule has 1 fully saturated rings. The van der Waals surface area contributed by atoms with Gasteiger partial charge in [-0.15, -0.1) is 0 Å². The van der Waals surface area contributed by atoms with Crippen molar-refractivity contribution in [1.29, 1.82) is 0 Å². The van der Waals surface area contributed by atoms with E-state index in [9.17, 15) is 15.3 Å². The van der Waals surface area contributed by atoms with Gasteiger partial charge in [0, 0.05) is 6.61 Å². The molecule has 118 valence electrons. The first kappa shape index (κ1) is 17.6. The summed E-state index contributed by atoms with van der Waals surface area (Å²) in [4.78, 5) is 0. The van der Waals surface area contributed by atoms with Crippen LogP contribution in [0, 0.1) is 0 Å². The second kappa shape index (κ2) is 10.3. The molecule has 0 spiro atoms. The van der Waals surface area contributed by atoms with Gasteiger partial charge in [0.1, 0.15) is 24.4 Å². The van der Waals surface area contributed by atoms with Gasteiger partial charge in [-0.1, -0.05) is 31.9 Å². The monoisotopic (exact) mass is 288 g/mol. The predicted molar refractivity (Wildman–Crippen MR) is 76.5 cm³/mol. The van der Waals surface area contributed by atoms with E-state index in [2.05, 4.69) is 19.1 Å². The van der Waals surface area contributed by atoms with Crippen molar-refractivity contribution >= 4 is 0 Å². The van der Waals surface area contributed by atoms with Crippen LogP contribution in [0.2, 0.25) is 0 Å². The fourth-order valence-electron chi connectivity index (χ4n) is 2.12. The van der Waals surface area contributed by atoms with Crippen LogP contribution in [0.25, 0.3) is 0 Å². The Labute approximate surface area is 121 Å². The summed E-state index contributed by atoms with van der Waals surface area (Å²) in [5.41, 5.74) is 0. The summed E-state index contributed by atoms with van der Waals surface area (Å²) in [6.45, 7) is 2.93. The minimum absolute atomic E-state index is 0.0610. The standard InChI is InChI=1S/C15H28O5/c1-2-3-4-5-6-7-8-9-19-10-13(17)15-14(18)12(16)11-20-15/h5-6,12-18H,2-4,7-11H2,1H3/b6-5+/t12-,13+,14+,15+/m1/s1. The molecular weight excluding hydrogens is 260 g/mol. The Bertz CT molecular complexity index is 269. The van der Waals surface area contributed by atoms with Gasteiger partial charge in [-0.2, -0.15) is 0 Å². The third-order valence-electron chi connectivity index (χ3n) is 3.41. The molecule has 20 heavy (non-hydrogen) atoms. The van der Waals surface area contributed by atoms with Crippen molar-refractivity contribution in [3.8, 4) is 0 Å². The molecule has 1 saturated heterocycles. The quantitative estimate of drug-likeness (QED) is 0.413. The van der Waals surface area contributed by atoms with Gasteiger partial charge in [-0.25, -0.2) is 0 Å². The summed E-state index contributed by atoms with van der Waals surface area (Å²) in [5.74, 6) is 0. The highest BCUT2D eigenvalue weighted by atomic mass is 16.5. The van der Waals surface area contributed by atoms with Crippen molar-refractivity contribution < 1.29 is 24.8 Å². The van der Waals surface area contributed by atoms with Crippen molar-refractivity contribution in [1.82, 2.24) is 0 Å². The molecule has 5 nitrogen and oxygen atoms in total. The van der Waals surface area contributed by atoms with Gasteiger partial charge in [0.2, 0.25) is 0 Å². The van der Waals surface area contributed by atoms with Gasteiger partial charge >= 0.3 is 0 Å². The summed E-state index contributed by atoms with van der Waals surface area (Å²) in [6.07, 6.45) is 6.23. The van der Waals surface area contributed by atoms with Crippen LogP contribution in [-0.2, 0) is 9.47 Å². The number of hydrogen-bond donors (Lipinski definition) is 3. The largest absolute Gasteiger partial charge is 0.388 e. The van der Waals surface area contributed by atoms with Crippen LogP contribution in [0.15, 0.2) is 12.2 Å². The maximum absolute atomic E-state index is 9.80. The van der Waals surface area contributed by atoms with Gasteiger partial charge in [-0.3, -0.25) is 0 Å². The highest BCUT2D eigenvalue weighted by Gasteiger charge is 2.39. The highest BCUT2D eigenvalue weighted by Crippen LogP contribution is 2.17. The van der Waals surface area contributed by atoms with Crippen LogP contribution < -0.4 is 0 Å². The molecule has 1 heterocycles. The molecule has 1 aliphatic rings. The second-order valence-electron chi connectivity index (χ2n) is 5.25. The fourth-order valence-corrected chi connectivity index (χ4v) is 2.12. The maximum atomic E-state index is 9.80. The molecule has 1 rings (SSSR count). The number of hydrogen-bond acceptors (Lipinski definition) is 5. The first-order valence-corrected chi connectivity index (χ1v) is 7.55. The van der Waals surface area contributed by atoms with Crippen LogP contribution in [0.3, 0.4) is 0 Å². The second-order valence-corrected chi connectivity index (χ2v) is 5.25. The van der Waals surface area contributed by atoms with E-state index in [0.29, 0.717) is 6.61 Å². The molecule has 5 heteroatoms. The number of aliphatic hydroxyl groups excluding tert-OH is 3. The summed E-state index contributed by atoms with van der Waals surface area (Å²) in [5, 5.41) is 28.7. The molecule has 0 saturated carbocycles. The summed E-state index contributed by atoms with van der Waals surface area (Å²) >= 11 is 0. The third kappa shape index (κ3) is 6.33. The van der Waals surface area contributed by atoms with Gasteiger partial charge in [-0.05, 0) is 19.3 Å². The van der Waals surface area contributed by atoms with E-state index in [4.69, 9.17) is 9.47 Å². The van der Waals surface area contributed by atoms with Crippen molar-refractivity contribution in [2.75, 3.05) is 19.8 Å². The number of unbranched alkanes of at least 4 members (excludes halogenated alkanes) is 3. The highest BCUT2D eigenvalue weighted by molar-refractivity contribution is 4.87. The zero-order valence-electron chi connectivity index (χ0n) is 12.3. The van der Waals surface area contributed by atoms with E-state index >= 15 is 0 Å². The van der Waals surface area contributed by atoms with Crippen LogP contribution in [0.1, 0.15) is 39.0 Å². The zero-order chi connectivity index (χ0) is 14.8. The molecular formula is C15H28O5. The first-order chi connectivity index (χ1) is 9.66. The van der Waals surface area contributed by atoms with E-state index in [-0.39, 0.29) is 13.2 Å². The lowest BCUT2D eigenvalue weighted by molar-refractivity contribution is -0.0811. The van der Waals surface area contributed by atoms with Crippen LogP contribution in [0.4, 0.5) is 0 Å². The van der Waals surface area contributed by atoms with Gasteiger partial charge < -0.3 is 24.8 Å². The Kier molecular flexibility index (Phi) is 9.05. The summed E-state index contributed by atoms with van der Waals surface area (Å²) in [6, 6.07) is 0. The molecule has 0 radical (unpaired) electrons. The normalized spacial score (nSPS) is 28.3. The number of aliphatic hydroxyl groups is 3. The predicted octanol–water partition coefficient (Wildman–Crippen LogP) is 1.01. The Morgan fingerprint density at radius 1 is 1.25 bits per heavy atom. The topological polar surface area (TPSA) is 79.2 Å². The molecule has 0 aromatic rings. The average Bonchev–Trinajstić information content (AvgIpc) is 2.77. The van der Waals surface area contributed by atoms with Gasteiger partial charge in [0.25, 0.3) is 0 Å². The van der Waals surface area contributed by atoms with Crippen molar-refractivity contribution in [3.05, 3.63) is 12.2 Å². The average molecular weight is 288 g/mol. The molecule has 0 bridgehead atoms. The minimum Gasteiger partial charge on any atom is -0.388 e. The van der Waals surface area contributed by atoms with Gasteiger partial charge in [0.05, 0.1) is 13.2 Å². The Hall–Kier alpha value is -0.460. The lowest BCUT2D eigenvalue weighted by atomic mass is 10.1. The van der Waals surface area contributed by atoms with Crippen LogP contribution in [0.5, 0.6) is 0 Å². The number of rotatable bonds is 10. The number of allylic oxidation sites excluding steroid dienone is 2. The Morgan fingerprint density at radius 3 is 2.55 bits per heavy atom. The van der Waals surface area contributed by atoms with Crippen molar-refractivity contribution in [3.63, 3.8) is 0 Å². The lowest BCUT2D eigenvalue weighted by Gasteiger charge is -2.20. The molecule has 1 aliphatic heterocycles.